The Kier molecular flexibility index (Phi) is 20.5. The van der Waals surface area contributed by atoms with Crippen molar-refractivity contribution in [2.45, 2.75) is 0 Å². The molecule has 17 aromatic carbocycles. The van der Waals surface area contributed by atoms with Crippen LogP contribution in [0.4, 0.5) is 0 Å². The van der Waals surface area contributed by atoms with E-state index < -0.39 is 0 Å². The summed E-state index contributed by atoms with van der Waals surface area (Å²) >= 11 is 0. The minimum Gasteiger partial charge on any atom is -0.309 e. The highest BCUT2D eigenvalue weighted by molar-refractivity contribution is 6.14. The van der Waals surface area contributed by atoms with Crippen LogP contribution in [0.2, 0.25) is 0 Å². The molecule has 18 heteroatoms. The molecule has 7 heterocycles. The number of hydrogen-bond acceptors (Lipinski definition) is 16. The average Bonchev–Trinajstić information content (AvgIpc) is 1.56. The molecule has 0 radical (unpaired) electrons. The van der Waals surface area contributed by atoms with Gasteiger partial charge in [-0.25, -0.2) is 74.8 Å². The minimum atomic E-state index is 0.415. The van der Waals surface area contributed by atoms with Crippen LogP contribution in [0.3, 0.4) is 0 Å². The van der Waals surface area contributed by atoms with E-state index in [0.29, 0.717) is 98.5 Å². The molecular formula is C118H72N18. The van der Waals surface area contributed by atoms with E-state index in [1.807, 2.05) is 322 Å². The van der Waals surface area contributed by atoms with Crippen molar-refractivity contribution in [3.05, 3.63) is 442 Å². The molecule has 7 aromatic heterocycles. The highest BCUT2D eigenvalue weighted by atomic mass is 15.1. The number of hydrogen-bond donors (Lipinski definition) is 0. The first-order valence-electron chi connectivity index (χ1n) is 44.6. The largest absolute Gasteiger partial charge is 0.309 e. The van der Waals surface area contributed by atoms with Gasteiger partial charge in [0.25, 0.3) is 0 Å². The van der Waals surface area contributed by atoms with Gasteiger partial charge in [-0.15, -0.1) is 0 Å². The number of rotatable bonds is 19. The van der Waals surface area contributed by atoms with E-state index in [2.05, 4.69) is 130 Å². The zero-order valence-electron chi connectivity index (χ0n) is 72.6. The molecule has 0 saturated carbocycles. The molecular weight excluding hydrogens is 1670 g/mol. The van der Waals surface area contributed by atoms with Crippen LogP contribution in [0.15, 0.2) is 437 Å². The lowest BCUT2D eigenvalue weighted by molar-refractivity contribution is 1.07. The molecule has 0 fully saturated rings. The third kappa shape index (κ3) is 15.4. The van der Waals surface area contributed by atoms with E-state index >= 15 is 0 Å². The van der Waals surface area contributed by atoms with E-state index in [9.17, 15) is 5.26 Å². The molecule has 136 heavy (non-hydrogen) atoms. The van der Waals surface area contributed by atoms with Crippen molar-refractivity contribution < 1.29 is 0 Å². The summed E-state index contributed by atoms with van der Waals surface area (Å²) in [5.74, 6) is 7.57. The van der Waals surface area contributed by atoms with Crippen LogP contribution in [-0.4, -0.2) is 83.9 Å². The van der Waals surface area contributed by atoms with Gasteiger partial charge in [0.15, 0.2) is 87.4 Å². The Labute approximate surface area is 780 Å². The highest BCUT2D eigenvalue weighted by Crippen LogP contribution is 2.47. The van der Waals surface area contributed by atoms with Crippen LogP contribution >= 0.6 is 0 Å². The number of nitriles is 1. The Morgan fingerprint density at radius 1 is 0.154 bits per heavy atom. The Balaban J connectivity index is 0.789. The first kappa shape index (κ1) is 80.2. The normalized spacial score (nSPS) is 11.4. The molecule has 0 amide bonds. The maximum Gasteiger partial charge on any atom is 0.164 e. The summed E-state index contributed by atoms with van der Waals surface area (Å²) in [6, 6.07) is 150. The van der Waals surface area contributed by atoms with Crippen molar-refractivity contribution in [3.8, 4) is 211 Å². The number of fused-ring (bicyclic) bond motifs is 6. The second-order valence-electron chi connectivity index (χ2n) is 32.9. The van der Waals surface area contributed by atoms with Crippen molar-refractivity contribution in [2.24, 2.45) is 0 Å². The van der Waals surface area contributed by atoms with Gasteiger partial charge in [0.1, 0.15) is 0 Å². The lowest BCUT2D eigenvalue weighted by atomic mass is 9.92. The van der Waals surface area contributed by atoms with Crippen LogP contribution in [0.25, 0.3) is 248 Å². The fraction of sp³-hybridized carbons (Fsp3) is 0. The van der Waals surface area contributed by atoms with Gasteiger partial charge in [-0.2, -0.15) is 5.26 Å². The number of aromatic nitrogens is 17. The van der Waals surface area contributed by atoms with Gasteiger partial charge < -0.3 is 9.13 Å². The molecule has 18 nitrogen and oxygen atoms in total. The SMILES string of the molecule is N#Cc1cccc(-c2ccc(-n3c4ccc(-c5nc(-c6ccccc6)nc(-c6ccccc6)n5)cc4c4cc(-c5nc(-c6ccccc6)nc(-c6ccccc6)n5)ccc43)c(-c3cc(-n4c5ccc(-c6nc(-c7ccccc7)nc(-c7ccccc7)n6)cc5c5cc(-c6nc(-c7ccccc7)nc(-c7ccccc7)n6)ccc54)ccc3-c3nc(-c4ccccc4)nc(-c4ccccc4)n3)c2)c1. The second-order valence-corrected chi connectivity index (χ2v) is 32.9. The Hall–Kier alpha value is -19.1. The second kappa shape index (κ2) is 34.7. The van der Waals surface area contributed by atoms with Crippen molar-refractivity contribution in [1.29, 1.82) is 5.26 Å². The smallest absolute Gasteiger partial charge is 0.164 e. The molecule has 0 aliphatic heterocycles. The molecule has 0 aliphatic carbocycles. The van der Waals surface area contributed by atoms with Gasteiger partial charge in [0, 0.05) is 116 Å². The van der Waals surface area contributed by atoms with Crippen LogP contribution in [0.1, 0.15) is 5.56 Å². The van der Waals surface area contributed by atoms with Crippen LogP contribution in [-0.2, 0) is 0 Å². The maximum absolute atomic E-state index is 10.8. The zero-order valence-corrected chi connectivity index (χ0v) is 72.6. The fourth-order valence-electron chi connectivity index (χ4n) is 17.8. The van der Waals surface area contributed by atoms with Gasteiger partial charge in [-0.05, 0) is 132 Å². The monoisotopic (exact) mass is 1740 g/mol. The van der Waals surface area contributed by atoms with Gasteiger partial charge >= 0.3 is 0 Å². The van der Waals surface area contributed by atoms with E-state index in [1.54, 1.807) is 0 Å². The molecule has 0 N–H and O–H groups in total. The van der Waals surface area contributed by atoms with Crippen molar-refractivity contribution in [2.75, 3.05) is 0 Å². The molecule has 634 valence electrons. The molecule has 0 aliphatic rings. The third-order valence-electron chi connectivity index (χ3n) is 24.4. The summed E-state index contributed by atoms with van der Waals surface area (Å²) in [6.45, 7) is 0. The van der Waals surface area contributed by atoms with Gasteiger partial charge in [-0.3, -0.25) is 0 Å². The van der Waals surface area contributed by atoms with Gasteiger partial charge in [0.05, 0.1) is 39.4 Å². The topological polar surface area (TPSA) is 227 Å². The summed E-state index contributed by atoms with van der Waals surface area (Å²) in [4.78, 5) is 79.6. The summed E-state index contributed by atoms with van der Waals surface area (Å²) < 4.78 is 4.67. The first-order valence-corrected chi connectivity index (χ1v) is 44.6. The number of nitrogens with zero attached hydrogens (tertiary/aromatic N) is 18. The lowest BCUT2D eigenvalue weighted by Crippen LogP contribution is -2.04. The molecule has 0 atom stereocenters. The van der Waals surface area contributed by atoms with Gasteiger partial charge in [-0.1, -0.05) is 322 Å². The summed E-state index contributed by atoms with van der Waals surface area (Å²) in [6.07, 6.45) is 0. The maximum atomic E-state index is 10.8. The van der Waals surface area contributed by atoms with Gasteiger partial charge in [0.2, 0.25) is 0 Å². The van der Waals surface area contributed by atoms with E-state index in [0.717, 1.165) is 155 Å². The average molecular weight is 1740 g/mol. The Morgan fingerprint density at radius 3 is 0.647 bits per heavy atom. The van der Waals surface area contributed by atoms with Crippen LogP contribution in [0.5, 0.6) is 0 Å². The van der Waals surface area contributed by atoms with Crippen LogP contribution < -0.4 is 0 Å². The zero-order chi connectivity index (χ0) is 90.4. The summed E-state index contributed by atoms with van der Waals surface area (Å²) in [5, 5.41) is 14.3. The summed E-state index contributed by atoms with van der Waals surface area (Å²) in [7, 11) is 0. The predicted octanol–water partition coefficient (Wildman–Crippen LogP) is 27.0. The Bertz CT molecular complexity index is 8100. The molecule has 24 rings (SSSR count). The molecule has 0 bridgehead atoms. The minimum absolute atomic E-state index is 0.415. The molecule has 0 saturated heterocycles. The standard InChI is InChI=1S/C118H72N18/c119-73-74-32-31-53-85(66-74)86-54-61-101(136-102-64-57-89(116-129-108(79-41-19-5-20-42-79)122-109(130-116)80-43-21-6-22-44-80)70-97(102)98-71-90(58-65-103(98)136)117-131-110(81-45-23-7-24-46-81)123-111(132-117)82-47-25-8-26-48-82)94(67-86)93-72-91(59-60-92(93)118-133-112(83-49-27-9-28-50-83)124-113(134-118)84-51-29-10-30-52-84)135-99-62-55-87(114-125-104(75-33-11-1-12-34-75)120-105(126-114)76-35-13-2-14-36-76)68-95(99)96-69-88(56-63-100(96)135)115-127-106(77-37-15-3-16-38-77)121-107(128-115)78-39-17-4-18-40-78/h1-72H. The van der Waals surface area contributed by atoms with E-state index in [1.165, 1.54) is 0 Å². The van der Waals surface area contributed by atoms with Crippen LogP contribution in [0, 0.1) is 11.3 Å². The fourth-order valence-corrected chi connectivity index (χ4v) is 17.8. The predicted molar refractivity (Wildman–Crippen MR) is 539 cm³/mol. The Morgan fingerprint density at radius 2 is 0.382 bits per heavy atom. The molecule has 0 unspecified atom stereocenters. The number of benzene rings is 17. The lowest BCUT2D eigenvalue weighted by Gasteiger charge is -2.20. The van der Waals surface area contributed by atoms with E-state index in [-0.39, 0.29) is 0 Å². The third-order valence-corrected chi connectivity index (χ3v) is 24.4. The molecule has 24 aromatic rings. The molecule has 0 spiro atoms. The quantitative estimate of drug-likeness (QED) is 0.0733. The van der Waals surface area contributed by atoms with Crippen molar-refractivity contribution in [1.82, 2.24) is 83.9 Å². The van der Waals surface area contributed by atoms with E-state index in [4.69, 9.17) is 74.8 Å². The van der Waals surface area contributed by atoms with Crippen molar-refractivity contribution >= 4 is 43.6 Å². The highest BCUT2D eigenvalue weighted by Gasteiger charge is 2.28. The summed E-state index contributed by atoms with van der Waals surface area (Å²) in [5.41, 5.74) is 20.8. The van der Waals surface area contributed by atoms with Crippen molar-refractivity contribution in [3.63, 3.8) is 0 Å². The first-order chi connectivity index (χ1) is 67.3.